The van der Waals surface area contributed by atoms with Gasteiger partial charge in [-0.1, -0.05) is 12.2 Å². The van der Waals surface area contributed by atoms with Crippen LogP contribution >= 0.6 is 12.2 Å². The lowest BCUT2D eigenvalue weighted by Gasteiger charge is -2.12. The van der Waals surface area contributed by atoms with Gasteiger partial charge in [0, 0.05) is 6.54 Å². The van der Waals surface area contributed by atoms with E-state index < -0.39 is 5.41 Å². The average molecular weight is 198 g/mol. The second-order valence-corrected chi connectivity index (χ2v) is 4.54. The van der Waals surface area contributed by atoms with Crippen LogP contribution < -0.4 is 11.1 Å². The number of rotatable bonds is 4. The van der Waals surface area contributed by atoms with E-state index in [1.807, 2.05) is 0 Å². The van der Waals surface area contributed by atoms with E-state index in [4.69, 9.17) is 18.0 Å². The minimum Gasteiger partial charge on any atom is -0.392 e. The molecule has 0 aromatic carbocycles. The fourth-order valence-electron chi connectivity index (χ4n) is 1.44. The summed E-state index contributed by atoms with van der Waals surface area (Å²) in [5.74, 6) is 0.762. The van der Waals surface area contributed by atoms with Crippen LogP contribution in [0.5, 0.6) is 0 Å². The van der Waals surface area contributed by atoms with Crippen LogP contribution in [0.15, 0.2) is 0 Å². The van der Waals surface area contributed by atoms with Crippen molar-refractivity contribution in [2.75, 3.05) is 6.54 Å². The molecule has 2 fully saturated rings. The molecule has 0 bridgehead atoms. The van der Waals surface area contributed by atoms with Crippen molar-refractivity contribution in [3.8, 4) is 0 Å². The molecule has 0 atom stereocenters. The van der Waals surface area contributed by atoms with Crippen molar-refractivity contribution in [1.82, 2.24) is 5.32 Å². The van der Waals surface area contributed by atoms with Crippen molar-refractivity contribution in [1.29, 1.82) is 0 Å². The highest BCUT2D eigenvalue weighted by Gasteiger charge is 2.52. The van der Waals surface area contributed by atoms with Crippen molar-refractivity contribution >= 4 is 23.1 Å². The third-order valence-corrected chi connectivity index (χ3v) is 3.30. The maximum Gasteiger partial charge on any atom is 0.233 e. The highest BCUT2D eigenvalue weighted by molar-refractivity contribution is 7.80. The van der Waals surface area contributed by atoms with E-state index >= 15 is 0 Å². The van der Waals surface area contributed by atoms with Crippen LogP contribution in [0, 0.1) is 11.3 Å². The summed E-state index contributed by atoms with van der Waals surface area (Å²) in [6.45, 7) is 0.809. The van der Waals surface area contributed by atoms with E-state index in [0.717, 1.165) is 19.4 Å². The van der Waals surface area contributed by atoms with Crippen LogP contribution in [0.3, 0.4) is 0 Å². The summed E-state index contributed by atoms with van der Waals surface area (Å²) < 4.78 is 0. The summed E-state index contributed by atoms with van der Waals surface area (Å²) in [4.78, 5) is 12.0. The standard InChI is InChI=1S/C9H14N2OS/c10-7(13)9(3-4-9)8(12)11-5-6-1-2-6/h6H,1-5H2,(H2,10,13)(H,11,12). The number of amides is 1. The molecule has 3 nitrogen and oxygen atoms in total. The topological polar surface area (TPSA) is 55.1 Å². The van der Waals surface area contributed by atoms with Crippen LogP contribution in [-0.2, 0) is 4.79 Å². The van der Waals surface area contributed by atoms with Gasteiger partial charge >= 0.3 is 0 Å². The Balaban J connectivity index is 1.84. The Kier molecular flexibility index (Phi) is 2.02. The van der Waals surface area contributed by atoms with Gasteiger partial charge in [-0.05, 0) is 31.6 Å². The van der Waals surface area contributed by atoms with Gasteiger partial charge in [0.2, 0.25) is 5.91 Å². The minimum absolute atomic E-state index is 0.0481. The lowest BCUT2D eigenvalue weighted by molar-refractivity contribution is -0.124. The maximum atomic E-state index is 11.6. The minimum atomic E-state index is -0.468. The van der Waals surface area contributed by atoms with Crippen molar-refractivity contribution in [3.05, 3.63) is 0 Å². The second-order valence-electron chi connectivity index (χ2n) is 4.10. The van der Waals surface area contributed by atoms with Crippen molar-refractivity contribution < 1.29 is 4.79 Å². The Morgan fingerprint density at radius 2 is 2.15 bits per heavy atom. The summed E-state index contributed by atoms with van der Waals surface area (Å²) in [6.07, 6.45) is 4.17. The Morgan fingerprint density at radius 3 is 2.54 bits per heavy atom. The molecule has 2 aliphatic rings. The van der Waals surface area contributed by atoms with Gasteiger partial charge in [0.05, 0.1) is 10.4 Å². The van der Waals surface area contributed by atoms with Gasteiger partial charge in [0.15, 0.2) is 0 Å². The first-order valence-corrected chi connectivity index (χ1v) is 5.14. The van der Waals surface area contributed by atoms with Gasteiger partial charge in [0.25, 0.3) is 0 Å². The lowest BCUT2D eigenvalue weighted by Crippen LogP contribution is -2.40. The molecule has 4 heteroatoms. The molecule has 0 aromatic rings. The first-order chi connectivity index (χ1) is 6.15. The third-order valence-electron chi connectivity index (χ3n) is 2.90. The summed E-state index contributed by atoms with van der Waals surface area (Å²) >= 11 is 4.88. The van der Waals surface area contributed by atoms with Crippen molar-refractivity contribution in [3.63, 3.8) is 0 Å². The van der Waals surface area contributed by atoms with E-state index in [1.165, 1.54) is 12.8 Å². The molecule has 2 aliphatic carbocycles. The van der Waals surface area contributed by atoms with Gasteiger partial charge in [0.1, 0.15) is 0 Å². The average Bonchev–Trinajstić information content (AvgIpc) is 2.94. The number of carbonyl (C=O) groups excluding carboxylic acids is 1. The molecule has 2 saturated carbocycles. The smallest absolute Gasteiger partial charge is 0.233 e. The van der Waals surface area contributed by atoms with Gasteiger partial charge in [-0.3, -0.25) is 4.79 Å². The molecule has 72 valence electrons. The number of hydrogen-bond acceptors (Lipinski definition) is 2. The molecule has 0 unspecified atom stereocenters. The normalized spacial score (nSPS) is 23.7. The number of hydrogen-bond donors (Lipinski definition) is 2. The van der Waals surface area contributed by atoms with E-state index in [-0.39, 0.29) is 5.91 Å². The van der Waals surface area contributed by atoms with Crippen molar-refractivity contribution in [2.24, 2.45) is 17.1 Å². The molecule has 0 spiro atoms. The van der Waals surface area contributed by atoms with E-state index in [0.29, 0.717) is 10.9 Å². The predicted octanol–water partition coefficient (Wildman–Crippen LogP) is 0.579. The van der Waals surface area contributed by atoms with E-state index in [9.17, 15) is 4.79 Å². The Morgan fingerprint density at radius 1 is 1.54 bits per heavy atom. The van der Waals surface area contributed by atoms with Gasteiger partial charge in [-0.2, -0.15) is 0 Å². The monoisotopic (exact) mass is 198 g/mol. The summed E-state index contributed by atoms with van der Waals surface area (Å²) in [5, 5.41) is 2.92. The highest BCUT2D eigenvalue weighted by Crippen LogP contribution is 2.46. The van der Waals surface area contributed by atoms with Crippen LogP contribution in [0.2, 0.25) is 0 Å². The van der Waals surface area contributed by atoms with Gasteiger partial charge in [-0.25, -0.2) is 0 Å². The molecule has 0 heterocycles. The Hall–Kier alpha value is -0.640. The fourth-order valence-corrected chi connectivity index (χ4v) is 1.74. The molecule has 0 radical (unpaired) electrons. The number of carbonyl (C=O) groups is 1. The maximum absolute atomic E-state index is 11.6. The molecule has 3 N–H and O–H groups in total. The third kappa shape index (κ3) is 1.68. The first-order valence-electron chi connectivity index (χ1n) is 4.73. The quantitative estimate of drug-likeness (QED) is 0.650. The fraction of sp³-hybridized carbons (Fsp3) is 0.778. The first kappa shape index (κ1) is 8.94. The van der Waals surface area contributed by atoms with Crippen LogP contribution in [-0.4, -0.2) is 17.4 Å². The molecule has 1 amide bonds. The van der Waals surface area contributed by atoms with Gasteiger partial charge in [-0.15, -0.1) is 0 Å². The second kappa shape index (κ2) is 2.94. The van der Waals surface area contributed by atoms with E-state index in [1.54, 1.807) is 0 Å². The van der Waals surface area contributed by atoms with Crippen LogP contribution in [0.25, 0.3) is 0 Å². The summed E-state index contributed by atoms with van der Waals surface area (Å²) in [5.41, 5.74) is 5.06. The zero-order chi connectivity index (χ0) is 9.47. The Labute approximate surface area is 83.1 Å². The number of thiocarbonyl (C=S) groups is 1. The molecular formula is C9H14N2OS. The zero-order valence-corrected chi connectivity index (χ0v) is 8.32. The number of nitrogens with two attached hydrogens (primary N) is 1. The Bertz CT molecular complexity index is 256. The lowest BCUT2D eigenvalue weighted by atomic mass is 10.1. The largest absolute Gasteiger partial charge is 0.392 e. The van der Waals surface area contributed by atoms with Crippen LogP contribution in [0.1, 0.15) is 25.7 Å². The molecular weight excluding hydrogens is 184 g/mol. The number of nitrogens with one attached hydrogen (secondary N) is 1. The summed E-state index contributed by atoms with van der Waals surface area (Å²) in [7, 11) is 0. The van der Waals surface area contributed by atoms with Gasteiger partial charge < -0.3 is 11.1 Å². The molecule has 0 aliphatic heterocycles. The highest BCUT2D eigenvalue weighted by atomic mass is 32.1. The zero-order valence-electron chi connectivity index (χ0n) is 7.51. The predicted molar refractivity (Wildman–Crippen MR) is 54.2 cm³/mol. The van der Waals surface area contributed by atoms with Crippen LogP contribution in [0.4, 0.5) is 0 Å². The molecule has 2 rings (SSSR count). The molecule has 0 aromatic heterocycles. The summed E-state index contributed by atoms with van der Waals surface area (Å²) in [6, 6.07) is 0. The van der Waals surface area contributed by atoms with Crippen molar-refractivity contribution in [2.45, 2.75) is 25.7 Å². The SMILES string of the molecule is NC(=S)C1(C(=O)NCC2CC2)CC1. The molecule has 13 heavy (non-hydrogen) atoms. The van der Waals surface area contributed by atoms with E-state index in [2.05, 4.69) is 5.32 Å². The molecule has 0 saturated heterocycles.